The van der Waals surface area contributed by atoms with Crippen LogP contribution in [0.25, 0.3) is 11.8 Å². The molecule has 1 aliphatic heterocycles. The molecular weight excluding hydrogens is 561 g/mol. The first-order chi connectivity index (χ1) is 20.2. The molecule has 4 aromatic rings. The minimum atomic E-state index is -1.06. The molecule has 3 aromatic carbocycles. The number of piperidine rings is 1. The van der Waals surface area contributed by atoms with E-state index in [2.05, 4.69) is 15.5 Å². The van der Waals surface area contributed by atoms with Gasteiger partial charge in [0.1, 0.15) is 12.1 Å². The van der Waals surface area contributed by atoms with Crippen molar-refractivity contribution in [3.63, 3.8) is 0 Å². The summed E-state index contributed by atoms with van der Waals surface area (Å²) in [5.41, 5.74) is 3.22. The van der Waals surface area contributed by atoms with E-state index in [0.29, 0.717) is 46.8 Å². The lowest BCUT2D eigenvalue weighted by Crippen LogP contribution is -2.51. The zero-order valence-electron chi connectivity index (χ0n) is 22.7. The van der Waals surface area contributed by atoms with Gasteiger partial charge in [0.2, 0.25) is 5.91 Å². The maximum atomic E-state index is 14.1. The number of aryl methyl sites for hydroxylation is 1. The second kappa shape index (κ2) is 12.4. The van der Waals surface area contributed by atoms with Crippen molar-refractivity contribution in [3.8, 4) is 5.69 Å². The lowest BCUT2D eigenvalue weighted by atomic mass is 9.79. The second-order valence-corrected chi connectivity index (χ2v) is 10.6. The molecular formula is C31H27ClFN5O4. The van der Waals surface area contributed by atoms with Gasteiger partial charge in [0.15, 0.2) is 5.78 Å². The molecule has 2 atom stereocenters. The number of Topliss-reactive ketones (excluding diaryl/α,β-unsaturated/α-hetero) is 1. The third-order valence-corrected chi connectivity index (χ3v) is 7.66. The Labute approximate surface area is 246 Å². The molecule has 5 rings (SSSR count). The number of aromatic nitrogens is 4. The lowest BCUT2D eigenvalue weighted by molar-refractivity contribution is -0.138. The van der Waals surface area contributed by atoms with Crippen LogP contribution in [0.5, 0.6) is 0 Å². The minimum absolute atomic E-state index is 0.00643. The number of tetrazole rings is 1. The van der Waals surface area contributed by atoms with Crippen LogP contribution in [0, 0.1) is 12.7 Å². The summed E-state index contributed by atoms with van der Waals surface area (Å²) in [5.74, 6) is -2.29. The van der Waals surface area contributed by atoms with Gasteiger partial charge in [0, 0.05) is 35.5 Å². The number of ketones is 1. The van der Waals surface area contributed by atoms with Crippen molar-refractivity contribution in [2.45, 2.75) is 38.1 Å². The fourth-order valence-corrected chi connectivity index (χ4v) is 5.54. The number of carboxylic acids is 1. The highest BCUT2D eigenvalue weighted by Crippen LogP contribution is 2.35. The molecule has 1 saturated heterocycles. The summed E-state index contributed by atoms with van der Waals surface area (Å²) in [6.07, 6.45) is 5.75. The predicted octanol–water partition coefficient (Wildman–Crippen LogP) is 5.06. The maximum Gasteiger partial charge on any atom is 0.335 e. The van der Waals surface area contributed by atoms with Crippen LogP contribution in [0.1, 0.15) is 51.4 Å². The molecule has 9 nitrogen and oxygen atoms in total. The van der Waals surface area contributed by atoms with Gasteiger partial charge >= 0.3 is 5.97 Å². The fraction of sp³-hybridized carbons (Fsp3) is 0.226. The third-order valence-electron chi connectivity index (χ3n) is 7.42. The summed E-state index contributed by atoms with van der Waals surface area (Å²) in [4.78, 5) is 40.5. The number of nitrogens with zero attached hydrogens (tertiary/aromatic N) is 5. The second-order valence-electron chi connectivity index (χ2n) is 10.2. The molecule has 2 heterocycles. The largest absolute Gasteiger partial charge is 0.478 e. The van der Waals surface area contributed by atoms with Crippen LogP contribution in [0.2, 0.25) is 5.02 Å². The number of carbonyl (C=O) groups is 3. The number of benzene rings is 3. The van der Waals surface area contributed by atoms with Gasteiger partial charge in [-0.1, -0.05) is 35.9 Å². The topological polar surface area (TPSA) is 118 Å². The van der Waals surface area contributed by atoms with Gasteiger partial charge in [-0.25, -0.2) is 9.18 Å². The Kier molecular flexibility index (Phi) is 8.53. The van der Waals surface area contributed by atoms with E-state index in [9.17, 15) is 23.9 Å². The minimum Gasteiger partial charge on any atom is -0.478 e. The maximum absolute atomic E-state index is 14.1. The summed E-state index contributed by atoms with van der Waals surface area (Å²) in [7, 11) is 0. The van der Waals surface area contributed by atoms with E-state index in [4.69, 9.17) is 11.6 Å². The van der Waals surface area contributed by atoms with E-state index in [-0.39, 0.29) is 35.4 Å². The molecule has 0 saturated carbocycles. The number of rotatable bonds is 8. The van der Waals surface area contributed by atoms with Crippen LogP contribution in [0.3, 0.4) is 0 Å². The van der Waals surface area contributed by atoms with Gasteiger partial charge in [0.25, 0.3) is 0 Å². The number of likely N-dealkylation sites (tertiary alicyclic amines) is 1. The quantitative estimate of drug-likeness (QED) is 0.286. The van der Waals surface area contributed by atoms with E-state index in [1.807, 2.05) is 0 Å². The van der Waals surface area contributed by atoms with Gasteiger partial charge in [-0.05, 0) is 89.4 Å². The summed E-state index contributed by atoms with van der Waals surface area (Å²) in [6, 6.07) is 15.2. The van der Waals surface area contributed by atoms with E-state index in [0.717, 1.165) is 5.56 Å². The summed E-state index contributed by atoms with van der Waals surface area (Å²) in [5, 5.41) is 20.9. The van der Waals surface area contributed by atoms with Gasteiger partial charge < -0.3 is 10.0 Å². The molecule has 1 amide bonds. The zero-order chi connectivity index (χ0) is 29.8. The van der Waals surface area contributed by atoms with Gasteiger partial charge in [-0.15, -0.1) is 5.10 Å². The molecule has 214 valence electrons. The van der Waals surface area contributed by atoms with Crippen LogP contribution in [0.4, 0.5) is 4.39 Å². The molecule has 1 aromatic heterocycles. The number of hydrogen-bond donors (Lipinski definition) is 1. The Hall–Kier alpha value is -4.70. The lowest BCUT2D eigenvalue weighted by Gasteiger charge is -2.40. The molecule has 0 spiro atoms. The molecule has 42 heavy (non-hydrogen) atoms. The molecule has 0 radical (unpaired) electrons. The van der Waals surface area contributed by atoms with Crippen LogP contribution in [-0.4, -0.2) is 60.5 Å². The standard InChI is InChI=1S/C31H27ClFN5O4/c1-19-15-22(8-11-26(19)33)25-3-2-14-37(30(25)28(39)16-20-4-6-21(7-5-20)31(41)42)29(40)13-9-23-17-24(32)10-12-27(23)38-18-34-35-36-38/h4-13,15,17-18,25,30H,2-3,14,16H2,1H3,(H,41,42)/b13-9+. The number of carboxylic acid groups (broad SMARTS) is 1. The average molecular weight is 588 g/mol. The number of hydrogen-bond acceptors (Lipinski definition) is 6. The van der Waals surface area contributed by atoms with Gasteiger partial charge in [-0.2, -0.15) is 4.68 Å². The molecule has 11 heteroatoms. The van der Waals surface area contributed by atoms with Crippen LogP contribution in [-0.2, 0) is 16.0 Å². The average Bonchev–Trinajstić information content (AvgIpc) is 3.52. The zero-order valence-corrected chi connectivity index (χ0v) is 23.4. The van der Waals surface area contributed by atoms with E-state index < -0.39 is 12.0 Å². The highest BCUT2D eigenvalue weighted by molar-refractivity contribution is 6.30. The number of aromatic carboxylic acids is 1. The van der Waals surface area contributed by atoms with Crippen molar-refractivity contribution in [2.75, 3.05) is 6.54 Å². The molecule has 1 fully saturated rings. The highest BCUT2D eigenvalue weighted by Gasteiger charge is 2.39. The molecule has 2 unspecified atom stereocenters. The first-order valence-corrected chi connectivity index (χ1v) is 13.7. The molecule has 1 aliphatic rings. The fourth-order valence-electron chi connectivity index (χ4n) is 5.36. The number of amides is 1. The van der Waals surface area contributed by atoms with E-state index in [1.165, 1.54) is 35.3 Å². The van der Waals surface area contributed by atoms with E-state index in [1.54, 1.807) is 60.4 Å². The highest BCUT2D eigenvalue weighted by atomic mass is 35.5. The Balaban J connectivity index is 1.47. The van der Waals surface area contributed by atoms with Crippen molar-refractivity contribution in [1.82, 2.24) is 25.1 Å². The van der Waals surface area contributed by atoms with Crippen molar-refractivity contribution in [2.24, 2.45) is 0 Å². The number of halogens is 2. The SMILES string of the molecule is Cc1cc(C2CCCN(C(=O)/C=C/c3cc(Cl)ccc3-n3cnnn3)C2C(=O)Cc2ccc(C(=O)O)cc2)ccc1F. The molecule has 0 aliphatic carbocycles. The van der Waals surface area contributed by atoms with Crippen molar-refractivity contribution < 1.29 is 23.9 Å². The van der Waals surface area contributed by atoms with Gasteiger partial charge in [0.05, 0.1) is 17.3 Å². The first kappa shape index (κ1) is 28.8. The van der Waals surface area contributed by atoms with Crippen molar-refractivity contribution >= 4 is 35.3 Å². The van der Waals surface area contributed by atoms with Crippen molar-refractivity contribution in [3.05, 3.63) is 112 Å². The smallest absolute Gasteiger partial charge is 0.335 e. The summed E-state index contributed by atoms with van der Waals surface area (Å²) in [6.45, 7) is 2.03. The first-order valence-electron chi connectivity index (χ1n) is 13.3. The molecule has 0 bridgehead atoms. The van der Waals surface area contributed by atoms with Crippen LogP contribution >= 0.6 is 11.6 Å². The Morgan fingerprint density at radius 2 is 1.88 bits per heavy atom. The van der Waals surface area contributed by atoms with Crippen LogP contribution < -0.4 is 0 Å². The Morgan fingerprint density at radius 1 is 1.10 bits per heavy atom. The molecule has 1 N–H and O–H groups in total. The van der Waals surface area contributed by atoms with Crippen LogP contribution in [0.15, 0.2) is 73.1 Å². The van der Waals surface area contributed by atoms with Crippen molar-refractivity contribution in [1.29, 1.82) is 0 Å². The Morgan fingerprint density at radius 3 is 2.57 bits per heavy atom. The van der Waals surface area contributed by atoms with Gasteiger partial charge in [-0.3, -0.25) is 9.59 Å². The summed E-state index contributed by atoms with van der Waals surface area (Å²) < 4.78 is 15.6. The summed E-state index contributed by atoms with van der Waals surface area (Å²) >= 11 is 6.23. The third kappa shape index (κ3) is 6.28. The normalized spacial score (nSPS) is 17.0. The Bertz CT molecular complexity index is 1660. The van der Waals surface area contributed by atoms with E-state index >= 15 is 0 Å². The predicted molar refractivity (Wildman–Crippen MR) is 154 cm³/mol. The number of carbonyl (C=O) groups excluding carboxylic acids is 2. The monoisotopic (exact) mass is 587 g/mol.